The molecule has 1 aliphatic rings. The number of carbonyl (C=O) groups excluding carboxylic acids is 1. The molecule has 3 rings (SSSR count). The molecule has 4 nitrogen and oxygen atoms in total. The van der Waals surface area contributed by atoms with Crippen LogP contribution in [-0.4, -0.2) is 26.3 Å². The number of halogens is 1. The Bertz CT molecular complexity index is 829. The Balaban J connectivity index is 1.62. The molecule has 0 N–H and O–H groups in total. The lowest BCUT2D eigenvalue weighted by molar-refractivity contribution is -0.142. The fraction of sp³-hybridized carbons (Fsp3) is 0.318. The third kappa shape index (κ3) is 4.88. The second-order valence-corrected chi connectivity index (χ2v) is 6.85. The first kappa shape index (κ1) is 19.0. The van der Waals surface area contributed by atoms with Crippen LogP contribution >= 0.6 is 0 Å². The van der Waals surface area contributed by atoms with Crippen molar-refractivity contribution in [3.63, 3.8) is 0 Å². The van der Waals surface area contributed by atoms with E-state index in [1.54, 1.807) is 36.4 Å². The first-order valence-electron chi connectivity index (χ1n) is 8.85. The van der Waals surface area contributed by atoms with E-state index >= 15 is 0 Å². The van der Waals surface area contributed by atoms with Crippen molar-refractivity contribution in [3.05, 3.63) is 60.4 Å². The number of methoxy groups -OCH3 is 1. The van der Waals surface area contributed by atoms with Crippen molar-refractivity contribution in [2.45, 2.75) is 13.3 Å². The van der Waals surface area contributed by atoms with Gasteiger partial charge >= 0.3 is 5.97 Å². The predicted molar refractivity (Wildman–Crippen MR) is 101 cm³/mol. The fourth-order valence-electron chi connectivity index (χ4n) is 2.83. The van der Waals surface area contributed by atoms with Gasteiger partial charge in [0.1, 0.15) is 23.9 Å². The molecule has 5 heteroatoms. The van der Waals surface area contributed by atoms with Crippen LogP contribution < -0.4 is 9.47 Å². The molecular formula is C22H23FO4. The van der Waals surface area contributed by atoms with Crippen LogP contribution in [0.4, 0.5) is 4.39 Å². The van der Waals surface area contributed by atoms with Gasteiger partial charge in [0.25, 0.3) is 0 Å². The second-order valence-electron chi connectivity index (χ2n) is 6.85. The number of rotatable bonds is 8. The standard InChI is InChI=1S/C22H23FO4/c1-14(2)12-26-18-8-9-21(23)19(11-18)15-4-6-17(7-5-15)27-13-16-10-20(16)22(24)25-3/h4-9,11,16,20H,1,10,12-13H2,2-3H3. The van der Waals surface area contributed by atoms with Crippen molar-refractivity contribution in [2.75, 3.05) is 20.3 Å². The van der Waals surface area contributed by atoms with Crippen LogP contribution in [0, 0.1) is 17.7 Å². The Morgan fingerprint density at radius 1 is 1.15 bits per heavy atom. The Morgan fingerprint density at radius 2 is 1.85 bits per heavy atom. The van der Waals surface area contributed by atoms with Crippen LogP contribution in [0.3, 0.4) is 0 Å². The van der Waals surface area contributed by atoms with Crippen LogP contribution in [0.2, 0.25) is 0 Å². The van der Waals surface area contributed by atoms with Crippen LogP contribution in [-0.2, 0) is 9.53 Å². The maximum Gasteiger partial charge on any atom is 0.309 e. The van der Waals surface area contributed by atoms with E-state index in [-0.39, 0.29) is 23.6 Å². The lowest BCUT2D eigenvalue weighted by Crippen LogP contribution is -2.08. The van der Waals surface area contributed by atoms with E-state index in [9.17, 15) is 9.18 Å². The minimum absolute atomic E-state index is 0.0506. The lowest BCUT2D eigenvalue weighted by Gasteiger charge is -2.10. The van der Waals surface area contributed by atoms with E-state index in [1.165, 1.54) is 13.2 Å². The summed E-state index contributed by atoms with van der Waals surface area (Å²) < 4.78 is 30.3. The number of hydrogen-bond acceptors (Lipinski definition) is 4. The van der Waals surface area contributed by atoms with Crippen LogP contribution in [0.25, 0.3) is 11.1 Å². The molecule has 1 aliphatic carbocycles. The molecule has 0 amide bonds. The van der Waals surface area contributed by atoms with Crippen LogP contribution in [0.15, 0.2) is 54.6 Å². The van der Waals surface area contributed by atoms with E-state index in [1.807, 2.05) is 6.92 Å². The Morgan fingerprint density at radius 3 is 2.52 bits per heavy atom. The molecule has 0 spiro atoms. The number of ether oxygens (including phenoxy) is 3. The molecular weight excluding hydrogens is 347 g/mol. The van der Waals surface area contributed by atoms with Gasteiger partial charge in [0.2, 0.25) is 0 Å². The smallest absolute Gasteiger partial charge is 0.309 e. The summed E-state index contributed by atoms with van der Waals surface area (Å²) in [6, 6.07) is 11.9. The Kier molecular flexibility index (Phi) is 5.79. The molecule has 0 bridgehead atoms. The molecule has 2 unspecified atom stereocenters. The molecule has 0 aromatic heterocycles. The molecule has 2 aromatic rings. The average Bonchev–Trinajstić information content (AvgIpc) is 3.45. The molecule has 0 heterocycles. The molecule has 2 aromatic carbocycles. The molecule has 0 aliphatic heterocycles. The van der Waals surface area contributed by atoms with Gasteiger partial charge in [-0.1, -0.05) is 18.7 Å². The largest absolute Gasteiger partial charge is 0.493 e. The summed E-state index contributed by atoms with van der Waals surface area (Å²) in [7, 11) is 1.40. The van der Waals surface area contributed by atoms with Crippen molar-refractivity contribution < 1.29 is 23.4 Å². The van der Waals surface area contributed by atoms with E-state index in [0.717, 1.165) is 17.6 Å². The summed E-state index contributed by atoms with van der Waals surface area (Å²) in [5, 5.41) is 0. The van der Waals surface area contributed by atoms with Crippen molar-refractivity contribution in [1.82, 2.24) is 0 Å². The molecule has 0 radical (unpaired) electrons. The molecule has 1 fully saturated rings. The SMILES string of the molecule is C=C(C)COc1ccc(F)c(-c2ccc(OCC3CC3C(=O)OC)cc2)c1. The van der Waals surface area contributed by atoms with Gasteiger partial charge in [-0.2, -0.15) is 0 Å². The van der Waals surface area contributed by atoms with Gasteiger partial charge in [-0.25, -0.2) is 4.39 Å². The van der Waals surface area contributed by atoms with E-state index in [0.29, 0.717) is 30.3 Å². The highest BCUT2D eigenvalue weighted by atomic mass is 19.1. The summed E-state index contributed by atoms with van der Waals surface area (Å²) in [6.45, 7) is 6.53. The minimum atomic E-state index is -0.315. The molecule has 142 valence electrons. The van der Waals surface area contributed by atoms with Gasteiger partial charge in [-0.15, -0.1) is 0 Å². The van der Waals surface area contributed by atoms with Gasteiger partial charge in [0, 0.05) is 11.5 Å². The van der Waals surface area contributed by atoms with Gasteiger partial charge in [-0.05, 0) is 54.8 Å². The zero-order valence-electron chi connectivity index (χ0n) is 15.5. The molecule has 0 saturated heterocycles. The summed E-state index contributed by atoms with van der Waals surface area (Å²) in [5.74, 6) is 0.942. The fourth-order valence-corrected chi connectivity index (χ4v) is 2.83. The zero-order valence-corrected chi connectivity index (χ0v) is 15.5. The Hall–Kier alpha value is -2.82. The van der Waals surface area contributed by atoms with Crippen molar-refractivity contribution >= 4 is 5.97 Å². The summed E-state index contributed by atoms with van der Waals surface area (Å²) in [4.78, 5) is 11.4. The number of carbonyl (C=O) groups is 1. The third-order valence-electron chi connectivity index (χ3n) is 4.48. The predicted octanol–water partition coefficient (Wildman–Crippen LogP) is 4.64. The first-order valence-corrected chi connectivity index (χ1v) is 8.85. The summed E-state index contributed by atoms with van der Waals surface area (Å²) in [5.41, 5.74) is 2.10. The van der Waals surface area contributed by atoms with E-state index in [4.69, 9.17) is 14.2 Å². The lowest BCUT2D eigenvalue weighted by atomic mass is 10.0. The molecule has 1 saturated carbocycles. The quantitative estimate of drug-likeness (QED) is 0.502. The third-order valence-corrected chi connectivity index (χ3v) is 4.48. The van der Waals surface area contributed by atoms with Gasteiger partial charge in [0.05, 0.1) is 19.6 Å². The van der Waals surface area contributed by atoms with Crippen molar-refractivity contribution in [2.24, 2.45) is 11.8 Å². The van der Waals surface area contributed by atoms with Crippen LogP contribution in [0.5, 0.6) is 11.5 Å². The van der Waals surface area contributed by atoms with Crippen molar-refractivity contribution in [3.8, 4) is 22.6 Å². The first-order chi connectivity index (χ1) is 13.0. The maximum atomic E-state index is 14.2. The van der Waals surface area contributed by atoms with E-state index < -0.39 is 0 Å². The monoisotopic (exact) mass is 370 g/mol. The van der Waals surface area contributed by atoms with Crippen molar-refractivity contribution in [1.29, 1.82) is 0 Å². The Labute approximate surface area is 158 Å². The highest BCUT2D eigenvalue weighted by molar-refractivity contribution is 5.75. The summed E-state index contributed by atoms with van der Waals surface area (Å²) >= 11 is 0. The maximum absolute atomic E-state index is 14.2. The minimum Gasteiger partial charge on any atom is -0.493 e. The average molecular weight is 370 g/mol. The van der Waals surface area contributed by atoms with Gasteiger partial charge < -0.3 is 14.2 Å². The number of benzene rings is 2. The highest BCUT2D eigenvalue weighted by Crippen LogP contribution is 2.39. The zero-order chi connectivity index (χ0) is 19.4. The van der Waals surface area contributed by atoms with Gasteiger partial charge in [0.15, 0.2) is 0 Å². The van der Waals surface area contributed by atoms with Gasteiger partial charge in [-0.3, -0.25) is 4.79 Å². The van der Waals surface area contributed by atoms with Crippen LogP contribution in [0.1, 0.15) is 13.3 Å². The topological polar surface area (TPSA) is 44.8 Å². The normalized spacial score (nSPS) is 17.9. The number of hydrogen-bond donors (Lipinski definition) is 0. The number of esters is 1. The molecule has 27 heavy (non-hydrogen) atoms. The highest BCUT2D eigenvalue weighted by Gasteiger charge is 2.44. The van der Waals surface area contributed by atoms with E-state index in [2.05, 4.69) is 6.58 Å². The second kappa shape index (κ2) is 8.25. The summed E-state index contributed by atoms with van der Waals surface area (Å²) in [6.07, 6.45) is 0.799. The molecule has 2 atom stereocenters.